The zero-order valence-corrected chi connectivity index (χ0v) is 39.7. The molecule has 1 unspecified atom stereocenters. The van der Waals surface area contributed by atoms with Crippen molar-refractivity contribution in [2.45, 2.75) is 121 Å². The fraction of sp³-hybridized carbons (Fsp3) is 0.460. The van der Waals surface area contributed by atoms with Gasteiger partial charge in [0.25, 0.3) is 11.8 Å². The number of piperidine rings is 1. The third-order valence-corrected chi connectivity index (χ3v) is 14.0. The van der Waals surface area contributed by atoms with E-state index in [-0.39, 0.29) is 47.5 Å². The molecular formula is C50H58F2N10O5S. The molecular weight excluding hydrogens is 891 g/mol. The number of pyridine rings is 1. The molecule has 1 atom stereocenters. The van der Waals surface area contributed by atoms with Gasteiger partial charge in [-0.3, -0.25) is 39.1 Å². The first-order chi connectivity index (χ1) is 32.9. The highest BCUT2D eigenvalue weighted by atomic mass is 32.2. The van der Waals surface area contributed by atoms with Crippen LogP contribution in [0.1, 0.15) is 129 Å². The molecule has 8 rings (SSSR count). The molecule has 5 aromatic rings. The van der Waals surface area contributed by atoms with E-state index < -0.39 is 41.3 Å². The number of nitrogens with zero attached hydrogens (tertiary/aromatic N) is 8. The lowest BCUT2D eigenvalue weighted by atomic mass is 10.0. The van der Waals surface area contributed by atoms with Crippen LogP contribution in [-0.4, -0.2) is 107 Å². The van der Waals surface area contributed by atoms with Gasteiger partial charge in [0.1, 0.15) is 28.9 Å². The molecule has 68 heavy (non-hydrogen) atoms. The van der Waals surface area contributed by atoms with Crippen LogP contribution in [0.15, 0.2) is 59.8 Å². The van der Waals surface area contributed by atoms with Crippen LogP contribution >= 0.6 is 11.8 Å². The van der Waals surface area contributed by atoms with Gasteiger partial charge < -0.3 is 14.8 Å². The Hall–Kier alpha value is -6.14. The van der Waals surface area contributed by atoms with E-state index in [2.05, 4.69) is 35.5 Å². The van der Waals surface area contributed by atoms with Crippen LogP contribution in [0, 0.1) is 18.6 Å². The lowest BCUT2D eigenvalue weighted by Crippen LogP contribution is -2.54. The minimum Gasteiger partial charge on any atom is -0.340 e. The molecule has 5 amide bonds. The number of rotatable bonds is 20. The fourth-order valence-electron chi connectivity index (χ4n) is 9.37. The summed E-state index contributed by atoms with van der Waals surface area (Å²) in [6, 6.07) is 11.0. The van der Waals surface area contributed by atoms with Gasteiger partial charge in [0.2, 0.25) is 23.7 Å². The summed E-state index contributed by atoms with van der Waals surface area (Å²) in [5.41, 5.74) is 2.74. The first kappa shape index (κ1) is 48.3. The van der Waals surface area contributed by atoms with Crippen molar-refractivity contribution >= 4 is 64.1 Å². The van der Waals surface area contributed by atoms with Crippen molar-refractivity contribution in [1.82, 2.24) is 44.5 Å². The summed E-state index contributed by atoms with van der Waals surface area (Å²) in [7, 11) is 0. The smallest absolute Gasteiger partial charge is 0.263 e. The second-order valence-electron chi connectivity index (χ2n) is 18.1. The second kappa shape index (κ2) is 21.9. The van der Waals surface area contributed by atoms with E-state index in [1.807, 2.05) is 48.4 Å². The van der Waals surface area contributed by atoms with Gasteiger partial charge in [-0.05, 0) is 81.7 Å². The van der Waals surface area contributed by atoms with Gasteiger partial charge in [0.15, 0.2) is 11.6 Å². The van der Waals surface area contributed by atoms with Gasteiger partial charge in [0.05, 0.1) is 22.8 Å². The number of hydrogen-bond donors (Lipinski definition) is 2. The lowest BCUT2D eigenvalue weighted by molar-refractivity contribution is -0.136. The van der Waals surface area contributed by atoms with E-state index >= 15 is 8.78 Å². The van der Waals surface area contributed by atoms with Gasteiger partial charge in [-0.15, -0.1) is 11.8 Å². The SMILES string of the molecule is Cc1nc2c(F)cc(-c3nc(Nc4ccc(CN5CCN(C(=O)CCCCCCCCCCCSc6cccc7c6C(=O)N(C6CCC(=O)NC6=O)C7=O)CC5)cn4)ncc3F)cc2n1C(C)C. The van der Waals surface area contributed by atoms with Crippen molar-refractivity contribution < 1.29 is 32.8 Å². The topological polar surface area (TPSA) is 176 Å². The Morgan fingerprint density at radius 3 is 2.29 bits per heavy atom. The fourth-order valence-corrected chi connectivity index (χ4v) is 10.5. The van der Waals surface area contributed by atoms with Crippen LogP contribution in [0.4, 0.5) is 20.5 Å². The molecule has 3 aliphatic heterocycles. The minimum absolute atomic E-state index is 0.0312. The first-order valence-corrected chi connectivity index (χ1v) is 24.7. The molecule has 0 aliphatic carbocycles. The number of fused-ring (bicyclic) bond motifs is 2. The van der Waals surface area contributed by atoms with Crippen LogP contribution in [0.2, 0.25) is 0 Å². The van der Waals surface area contributed by atoms with Crippen LogP contribution in [0.3, 0.4) is 0 Å². The molecule has 2 fully saturated rings. The number of imidazole rings is 1. The van der Waals surface area contributed by atoms with E-state index in [4.69, 9.17) is 0 Å². The highest BCUT2D eigenvalue weighted by Crippen LogP contribution is 2.35. The van der Waals surface area contributed by atoms with E-state index in [9.17, 15) is 24.0 Å². The Bertz CT molecular complexity index is 2690. The second-order valence-corrected chi connectivity index (χ2v) is 19.2. The van der Waals surface area contributed by atoms with Crippen molar-refractivity contribution in [3.05, 3.63) is 89.0 Å². The number of piperazine rings is 1. The number of hydrogen-bond acceptors (Lipinski definition) is 12. The molecule has 0 saturated carbocycles. The Labute approximate surface area is 398 Å². The average Bonchev–Trinajstić information content (AvgIpc) is 3.80. The zero-order valence-electron chi connectivity index (χ0n) is 38.9. The number of carbonyl (C=O) groups is 5. The van der Waals surface area contributed by atoms with Gasteiger partial charge in [-0.25, -0.2) is 28.7 Å². The Kier molecular flexibility index (Phi) is 15.5. The zero-order chi connectivity index (χ0) is 47.9. The van der Waals surface area contributed by atoms with E-state index in [0.29, 0.717) is 54.3 Å². The molecule has 358 valence electrons. The molecule has 18 heteroatoms. The molecule has 6 heterocycles. The molecule has 3 aliphatic rings. The van der Waals surface area contributed by atoms with Gasteiger partial charge in [-0.1, -0.05) is 57.1 Å². The van der Waals surface area contributed by atoms with Gasteiger partial charge in [-0.2, -0.15) is 0 Å². The van der Waals surface area contributed by atoms with Crippen LogP contribution in [0.25, 0.3) is 22.3 Å². The van der Waals surface area contributed by atoms with Crippen molar-refractivity contribution in [3.8, 4) is 11.3 Å². The lowest BCUT2D eigenvalue weighted by Gasteiger charge is -2.34. The molecule has 3 aromatic heterocycles. The number of anilines is 2. The van der Waals surface area contributed by atoms with E-state index in [0.717, 1.165) is 98.2 Å². The summed E-state index contributed by atoms with van der Waals surface area (Å²) in [4.78, 5) is 86.9. The Balaban J connectivity index is 0.677. The monoisotopic (exact) mass is 948 g/mol. The standard InChI is InChI=1S/C50H58F2N10O5S/c1-31(2)61-32(3)55-46-36(51)26-34(27-39(46)61)45-37(52)29-54-50(58-45)56-41-19-17-33(28-53-41)30-59-21-23-60(24-22-59)43(64)16-11-9-7-5-4-6-8-10-12-25-68-40-15-13-14-35-44(40)49(67)62(48(35)66)38-18-20-42(63)57-47(38)65/h13-15,17,19,26-29,31,38H,4-12,16,18,20-25,30H2,1-3H3,(H,57,63,65)(H,53,54,56,58). The number of unbranched alkanes of at least 4 members (excludes halogenated alkanes) is 8. The number of thioether (sulfide) groups is 1. The van der Waals surface area contributed by atoms with Crippen molar-refractivity contribution in [2.75, 3.05) is 37.2 Å². The number of aryl methyl sites for hydroxylation is 1. The highest BCUT2D eigenvalue weighted by Gasteiger charge is 2.45. The molecule has 15 nitrogen and oxygen atoms in total. The highest BCUT2D eigenvalue weighted by molar-refractivity contribution is 7.99. The minimum atomic E-state index is -0.968. The van der Waals surface area contributed by atoms with Crippen LogP contribution in [0.5, 0.6) is 0 Å². The number of carbonyl (C=O) groups excluding carboxylic acids is 5. The Morgan fingerprint density at radius 2 is 1.59 bits per heavy atom. The molecule has 2 saturated heterocycles. The van der Waals surface area contributed by atoms with Crippen LogP contribution < -0.4 is 10.6 Å². The predicted molar refractivity (Wildman–Crippen MR) is 255 cm³/mol. The summed E-state index contributed by atoms with van der Waals surface area (Å²) in [5, 5.41) is 5.28. The summed E-state index contributed by atoms with van der Waals surface area (Å²) < 4.78 is 32.1. The largest absolute Gasteiger partial charge is 0.340 e. The molecule has 0 bridgehead atoms. The third kappa shape index (κ3) is 11.1. The summed E-state index contributed by atoms with van der Waals surface area (Å²) >= 11 is 1.56. The molecule has 2 aromatic carbocycles. The molecule has 0 spiro atoms. The number of nitrogens with one attached hydrogen (secondary N) is 2. The summed E-state index contributed by atoms with van der Waals surface area (Å²) in [6.45, 7) is 9.42. The normalized spacial score (nSPS) is 16.6. The molecule has 0 radical (unpaired) electrons. The van der Waals surface area contributed by atoms with E-state index in [1.165, 1.54) is 6.07 Å². The summed E-state index contributed by atoms with van der Waals surface area (Å²) in [6.07, 6.45) is 13.3. The first-order valence-electron chi connectivity index (χ1n) is 23.8. The maximum atomic E-state index is 15.1. The van der Waals surface area contributed by atoms with Crippen LogP contribution in [-0.2, 0) is 20.9 Å². The van der Waals surface area contributed by atoms with Crippen molar-refractivity contribution in [2.24, 2.45) is 0 Å². The van der Waals surface area contributed by atoms with Crippen molar-refractivity contribution in [1.29, 1.82) is 0 Å². The van der Waals surface area contributed by atoms with Gasteiger partial charge >= 0.3 is 0 Å². The van der Waals surface area contributed by atoms with Crippen molar-refractivity contribution in [3.63, 3.8) is 0 Å². The number of aromatic nitrogens is 5. The maximum absolute atomic E-state index is 15.1. The predicted octanol–water partition coefficient (Wildman–Crippen LogP) is 8.54. The number of benzene rings is 2. The Morgan fingerprint density at radius 1 is 0.853 bits per heavy atom. The third-order valence-electron chi connectivity index (χ3n) is 12.9. The number of amides is 5. The van der Waals surface area contributed by atoms with Gasteiger partial charge in [0, 0.05) is 68.3 Å². The summed E-state index contributed by atoms with van der Waals surface area (Å²) in [5.74, 6) is -0.842. The average molecular weight is 949 g/mol. The number of halogens is 2. The quantitative estimate of drug-likeness (QED) is 0.0433. The number of imide groups is 2. The molecule has 2 N–H and O–H groups in total. The maximum Gasteiger partial charge on any atom is 0.263 e. The van der Waals surface area contributed by atoms with E-state index in [1.54, 1.807) is 36.2 Å².